The number of esters is 1. The van der Waals surface area contributed by atoms with Crippen LogP contribution in [0.4, 0.5) is 0 Å². The third kappa shape index (κ3) is 1.52. The quantitative estimate of drug-likeness (QED) is 0.596. The van der Waals surface area contributed by atoms with Crippen LogP contribution in [-0.2, 0) is 21.4 Å². The molecular formula is C22H25NO5. The van der Waals surface area contributed by atoms with Crippen molar-refractivity contribution in [1.29, 1.82) is 0 Å². The maximum Gasteiger partial charge on any atom is 0.312 e. The second kappa shape index (κ2) is 4.92. The summed E-state index contributed by atoms with van der Waals surface area (Å²) in [5.41, 5.74) is 0.0764. The fraction of sp³-hybridized carbons (Fsp3) is 0.591. The molecule has 2 heterocycles. The van der Waals surface area contributed by atoms with E-state index in [1.54, 1.807) is 19.1 Å². The van der Waals surface area contributed by atoms with Crippen molar-refractivity contribution in [2.45, 2.75) is 49.3 Å². The Hall–Kier alpha value is -2.05. The number of likely N-dealkylation sites (tertiary alicyclic amines) is 1. The van der Waals surface area contributed by atoms with E-state index in [-0.39, 0.29) is 29.8 Å². The Bertz CT molecular complexity index is 943. The monoisotopic (exact) mass is 383 g/mol. The Balaban J connectivity index is 1.65. The lowest BCUT2D eigenvalue weighted by molar-refractivity contribution is -0.213. The number of benzene rings is 1. The van der Waals surface area contributed by atoms with E-state index in [0.29, 0.717) is 12.2 Å². The first-order valence-corrected chi connectivity index (χ1v) is 10.2. The SMILES string of the molecule is CCOC(=O)[C@H]1C[C@@]23C=C[C@@]1(O)[C@@H]1Oc4c(O)ccc5c4[C@@]12CCN(C)[C@H]3C5. The van der Waals surface area contributed by atoms with Gasteiger partial charge in [-0.1, -0.05) is 18.2 Å². The van der Waals surface area contributed by atoms with Crippen LogP contribution in [0.3, 0.4) is 0 Å². The molecule has 2 aliphatic heterocycles. The molecule has 4 bridgehead atoms. The topological polar surface area (TPSA) is 79.2 Å². The van der Waals surface area contributed by atoms with Gasteiger partial charge < -0.3 is 24.6 Å². The molecule has 6 aliphatic rings. The lowest BCUT2D eigenvalue weighted by Gasteiger charge is -2.70. The summed E-state index contributed by atoms with van der Waals surface area (Å²) < 4.78 is 11.7. The van der Waals surface area contributed by atoms with Crippen LogP contribution in [0.1, 0.15) is 30.9 Å². The van der Waals surface area contributed by atoms with Crippen LogP contribution in [0.5, 0.6) is 11.5 Å². The Morgan fingerprint density at radius 3 is 3.00 bits per heavy atom. The van der Waals surface area contributed by atoms with Crippen LogP contribution in [0.2, 0.25) is 0 Å². The normalized spacial score (nSPS) is 44.2. The molecule has 1 saturated carbocycles. The lowest BCUT2D eigenvalue weighted by atomic mass is 9.37. The Morgan fingerprint density at radius 1 is 1.39 bits per heavy atom. The van der Waals surface area contributed by atoms with Gasteiger partial charge in [-0.15, -0.1) is 0 Å². The largest absolute Gasteiger partial charge is 0.504 e. The fourth-order valence-electron chi connectivity index (χ4n) is 7.27. The summed E-state index contributed by atoms with van der Waals surface area (Å²) in [6, 6.07) is 3.91. The number of rotatable bonds is 2. The number of fused-ring (bicyclic) bond motifs is 1. The Morgan fingerprint density at radius 2 is 2.21 bits per heavy atom. The van der Waals surface area contributed by atoms with Gasteiger partial charge in [-0.05, 0) is 51.4 Å². The summed E-state index contributed by atoms with van der Waals surface area (Å²) in [6.45, 7) is 2.97. The number of aliphatic hydroxyl groups is 1. The first-order valence-electron chi connectivity index (χ1n) is 10.2. The average Bonchev–Trinajstić information content (AvgIpc) is 3.04. The lowest BCUT2D eigenvalue weighted by Crippen LogP contribution is -2.79. The van der Waals surface area contributed by atoms with Crippen LogP contribution in [0.25, 0.3) is 0 Å². The van der Waals surface area contributed by atoms with Gasteiger partial charge in [-0.25, -0.2) is 0 Å². The highest BCUT2D eigenvalue weighted by Crippen LogP contribution is 2.74. The Labute approximate surface area is 163 Å². The van der Waals surface area contributed by atoms with Crippen molar-refractivity contribution in [3.8, 4) is 11.5 Å². The van der Waals surface area contributed by atoms with Crippen molar-refractivity contribution in [2.24, 2.45) is 11.3 Å². The Kier molecular flexibility index (Phi) is 2.96. The fourth-order valence-corrected chi connectivity index (χ4v) is 7.27. The number of phenolic OH excluding ortho intramolecular Hbond substituents is 1. The highest BCUT2D eigenvalue weighted by atomic mass is 16.5. The number of piperidine rings is 1. The minimum atomic E-state index is -1.44. The molecule has 0 aromatic heterocycles. The average molecular weight is 383 g/mol. The zero-order valence-corrected chi connectivity index (χ0v) is 16.1. The van der Waals surface area contributed by atoms with Crippen molar-refractivity contribution >= 4 is 5.97 Å². The second-order valence-electron chi connectivity index (χ2n) is 9.14. The molecule has 6 nitrogen and oxygen atoms in total. The summed E-state index contributed by atoms with van der Waals surface area (Å²) in [5, 5.41) is 22.4. The van der Waals surface area contributed by atoms with Crippen molar-refractivity contribution in [1.82, 2.24) is 4.90 Å². The molecule has 148 valence electrons. The van der Waals surface area contributed by atoms with Crippen molar-refractivity contribution in [2.75, 3.05) is 20.2 Å². The number of likely N-dealkylation sites (N-methyl/N-ethyl adjacent to an activating group) is 1. The molecule has 1 saturated heterocycles. The number of hydrogen-bond donors (Lipinski definition) is 2. The van der Waals surface area contributed by atoms with Gasteiger partial charge in [0, 0.05) is 17.0 Å². The maximum atomic E-state index is 12.9. The van der Waals surface area contributed by atoms with Gasteiger partial charge in [0.1, 0.15) is 11.7 Å². The van der Waals surface area contributed by atoms with Crippen molar-refractivity contribution in [3.05, 3.63) is 35.4 Å². The zero-order valence-electron chi connectivity index (χ0n) is 16.1. The third-order valence-corrected chi connectivity index (χ3v) is 8.32. The smallest absolute Gasteiger partial charge is 0.312 e. The molecule has 6 heteroatoms. The molecule has 2 N–H and O–H groups in total. The van der Waals surface area contributed by atoms with Gasteiger partial charge in [0.2, 0.25) is 0 Å². The van der Waals surface area contributed by atoms with Crippen LogP contribution >= 0.6 is 0 Å². The van der Waals surface area contributed by atoms with Crippen LogP contribution in [-0.4, -0.2) is 59.0 Å². The zero-order chi connectivity index (χ0) is 19.5. The molecule has 1 aromatic carbocycles. The van der Waals surface area contributed by atoms with Gasteiger partial charge >= 0.3 is 5.97 Å². The molecule has 0 radical (unpaired) electrons. The molecule has 28 heavy (non-hydrogen) atoms. The number of carbonyl (C=O) groups excluding carboxylic acids is 1. The molecule has 4 aliphatic carbocycles. The van der Waals surface area contributed by atoms with Gasteiger partial charge in [0.05, 0.1) is 17.9 Å². The van der Waals surface area contributed by atoms with Crippen LogP contribution in [0, 0.1) is 11.3 Å². The van der Waals surface area contributed by atoms with Crippen molar-refractivity contribution < 1.29 is 24.5 Å². The summed E-state index contributed by atoms with van der Waals surface area (Å²) in [4.78, 5) is 15.2. The van der Waals surface area contributed by atoms with E-state index >= 15 is 0 Å². The summed E-state index contributed by atoms with van der Waals surface area (Å²) >= 11 is 0. The van der Waals surface area contributed by atoms with E-state index in [0.717, 1.165) is 24.9 Å². The molecule has 2 spiro atoms. The number of carbonyl (C=O) groups is 1. The van der Waals surface area contributed by atoms with E-state index < -0.39 is 23.0 Å². The van der Waals surface area contributed by atoms with Crippen LogP contribution in [0.15, 0.2) is 24.3 Å². The van der Waals surface area contributed by atoms with Gasteiger partial charge in [0.15, 0.2) is 11.5 Å². The first kappa shape index (κ1) is 16.9. The van der Waals surface area contributed by atoms with E-state index in [2.05, 4.69) is 18.0 Å². The summed E-state index contributed by atoms with van der Waals surface area (Å²) in [7, 11) is 2.14. The maximum absolute atomic E-state index is 12.9. The molecule has 6 atom stereocenters. The van der Waals surface area contributed by atoms with Gasteiger partial charge in [0.25, 0.3) is 0 Å². The highest BCUT2D eigenvalue weighted by Gasteiger charge is 2.79. The number of aromatic hydroxyl groups is 1. The van der Waals surface area contributed by atoms with E-state index in [1.165, 1.54) is 5.56 Å². The number of ether oxygens (including phenoxy) is 2. The minimum absolute atomic E-state index is 0.116. The summed E-state index contributed by atoms with van der Waals surface area (Å²) in [5.74, 6) is -0.409. The number of nitrogens with zero attached hydrogens (tertiary/aromatic N) is 1. The third-order valence-electron chi connectivity index (χ3n) is 8.32. The van der Waals surface area contributed by atoms with Crippen LogP contribution < -0.4 is 4.74 Å². The predicted octanol–water partition coefficient (Wildman–Crippen LogP) is 1.52. The standard InChI is InChI=1S/C22H25NO5/c1-3-27-18(25)13-11-20-6-7-22(13,26)19-21(20)8-9-23(2)15(20)10-12-4-5-14(24)17(28-19)16(12)21/h4-7,13,15,19,24,26H,3,8-11H2,1-2H3/t13-,15+,19-,20-,21+,22+/m1/s1. The van der Waals surface area contributed by atoms with Gasteiger partial charge in [-0.3, -0.25) is 4.79 Å². The summed E-state index contributed by atoms with van der Waals surface area (Å²) in [6.07, 6.45) is 5.58. The predicted molar refractivity (Wildman–Crippen MR) is 100 cm³/mol. The first-order chi connectivity index (χ1) is 13.4. The molecular weight excluding hydrogens is 358 g/mol. The second-order valence-corrected chi connectivity index (χ2v) is 9.14. The van der Waals surface area contributed by atoms with Crippen molar-refractivity contribution in [3.63, 3.8) is 0 Å². The molecule has 2 fully saturated rings. The van der Waals surface area contributed by atoms with Gasteiger partial charge in [-0.2, -0.15) is 0 Å². The minimum Gasteiger partial charge on any atom is -0.504 e. The van der Waals surface area contributed by atoms with E-state index in [9.17, 15) is 15.0 Å². The number of phenols is 1. The van der Waals surface area contributed by atoms with E-state index in [1.807, 2.05) is 6.07 Å². The molecule has 1 aromatic rings. The molecule has 7 rings (SSSR count). The van der Waals surface area contributed by atoms with E-state index in [4.69, 9.17) is 9.47 Å². The molecule has 0 unspecified atom stereocenters. The molecule has 0 amide bonds. The number of hydrogen-bond acceptors (Lipinski definition) is 6. The highest BCUT2D eigenvalue weighted by molar-refractivity contribution is 5.78.